The summed E-state index contributed by atoms with van der Waals surface area (Å²) in [5.74, 6) is -0.425. The number of alkyl halides is 3. The molecule has 3 aromatic rings. The average molecular weight is 467 g/mol. The lowest BCUT2D eigenvalue weighted by molar-refractivity contribution is -0.173. The molecule has 0 fully saturated rings. The molecule has 2 aromatic heterocycles. The van der Waals surface area contributed by atoms with E-state index in [0.717, 1.165) is 15.1 Å². The first kappa shape index (κ1) is 20.4. The summed E-state index contributed by atoms with van der Waals surface area (Å²) in [6.07, 6.45) is -4.07. The van der Waals surface area contributed by atoms with E-state index in [1.807, 2.05) is 29.6 Å². The molecule has 0 radical (unpaired) electrons. The van der Waals surface area contributed by atoms with E-state index in [1.54, 1.807) is 17.0 Å². The number of thiophene rings is 1. The molecule has 2 aliphatic heterocycles. The average Bonchev–Trinajstić information content (AvgIpc) is 3.40. The number of hydrogen-bond donors (Lipinski definition) is 1. The molecule has 1 amide bonds. The Hall–Kier alpha value is -2.52. The van der Waals surface area contributed by atoms with Crippen molar-refractivity contribution in [3.8, 4) is 0 Å². The molecule has 0 unspecified atom stereocenters. The first-order valence-electron chi connectivity index (χ1n) is 9.83. The Morgan fingerprint density at radius 3 is 2.68 bits per heavy atom. The molecule has 10 heteroatoms. The van der Waals surface area contributed by atoms with Crippen molar-refractivity contribution in [2.24, 2.45) is 0 Å². The topological polar surface area (TPSA) is 50.2 Å². The van der Waals surface area contributed by atoms with Crippen LogP contribution in [0.1, 0.15) is 45.0 Å². The molecule has 31 heavy (non-hydrogen) atoms. The fraction of sp³-hybridized carbons (Fsp3) is 0.333. The Morgan fingerprint density at radius 1 is 1.19 bits per heavy atom. The van der Waals surface area contributed by atoms with Gasteiger partial charge in [-0.05, 0) is 29.0 Å². The van der Waals surface area contributed by atoms with Gasteiger partial charge in [-0.25, -0.2) is 4.68 Å². The van der Waals surface area contributed by atoms with Crippen LogP contribution in [0.25, 0.3) is 0 Å². The van der Waals surface area contributed by atoms with Gasteiger partial charge in [0.1, 0.15) is 10.8 Å². The second-order valence-corrected chi connectivity index (χ2v) is 9.06. The lowest BCUT2D eigenvalue weighted by Crippen LogP contribution is -2.37. The van der Waals surface area contributed by atoms with Crippen LogP contribution in [0.5, 0.6) is 0 Å². The molecule has 4 heterocycles. The van der Waals surface area contributed by atoms with Gasteiger partial charge < -0.3 is 10.2 Å². The molecule has 0 spiro atoms. The lowest BCUT2D eigenvalue weighted by atomic mass is 10.00. The molecule has 5 nitrogen and oxygen atoms in total. The number of hydrogen-bond acceptors (Lipinski definition) is 4. The largest absolute Gasteiger partial charge is 0.410 e. The third-order valence-electron chi connectivity index (χ3n) is 5.80. The van der Waals surface area contributed by atoms with Gasteiger partial charge in [-0.1, -0.05) is 41.9 Å². The number of halogens is 4. The van der Waals surface area contributed by atoms with Crippen molar-refractivity contribution in [2.45, 2.75) is 37.6 Å². The number of carbonyl (C=O) groups is 1. The Morgan fingerprint density at radius 2 is 1.97 bits per heavy atom. The van der Waals surface area contributed by atoms with Crippen LogP contribution in [0.3, 0.4) is 0 Å². The number of rotatable bonds is 2. The maximum absolute atomic E-state index is 13.9. The molecule has 0 bridgehead atoms. The summed E-state index contributed by atoms with van der Waals surface area (Å²) >= 11 is 7.82. The quantitative estimate of drug-likeness (QED) is 0.546. The first-order valence-corrected chi connectivity index (χ1v) is 11.1. The number of nitrogens with one attached hydrogen (secondary N) is 1. The third-order valence-corrected chi connectivity index (χ3v) is 7.15. The van der Waals surface area contributed by atoms with E-state index in [4.69, 9.17) is 11.6 Å². The number of aromatic nitrogens is 2. The van der Waals surface area contributed by atoms with Crippen molar-refractivity contribution in [2.75, 3.05) is 11.9 Å². The molecule has 5 rings (SSSR count). The van der Waals surface area contributed by atoms with E-state index in [2.05, 4.69) is 10.4 Å². The van der Waals surface area contributed by atoms with E-state index in [-0.39, 0.29) is 23.0 Å². The number of nitrogens with zero attached hydrogens (tertiary/aromatic N) is 3. The van der Waals surface area contributed by atoms with Gasteiger partial charge in [-0.15, -0.1) is 11.3 Å². The Labute approximate surface area is 185 Å². The highest BCUT2D eigenvalue weighted by atomic mass is 35.5. The summed E-state index contributed by atoms with van der Waals surface area (Å²) in [5, 5.41) is 8.88. The van der Waals surface area contributed by atoms with Crippen molar-refractivity contribution in [1.82, 2.24) is 14.7 Å². The molecule has 1 aromatic carbocycles. The maximum atomic E-state index is 13.9. The molecule has 1 N–H and O–H groups in total. The predicted octanol–water partition coefficient (Wildman–Crippen LogP) is 5.46. The van der Waals surface area contributed by atoms with Gasteiger partial charge in [0.15, 0.2) is 11.7 Å². The zero-order valence-electron chi connectivity index (χ0n) is 16.2. The lowest BCUT2D eigenvalue weighted by Gasteiger charge is -2.32. The van der Waals surface area contributed by atoms with Gasteiger partial charge >= 0.3 is 6.18 Å². The summed E-state index contributed by atoms with van der Waals surface area (Å²) in [4.78, 5) is 15.5. The van der Waals surface area contributed by atoms with Crippen LogP contribution in [-0.4, -0.2) is 33.3 Å². The summed E-state index contributed by atoms with van der Waals surface area (Å²) < 4.78 is 42.5. The van der Waals surface area contributed by atoms with Crippen LogP contribution in [0.15, 0.2) is 41.8 Å². The summed E-state index contributed by atoms with van der Waals surface area (Å²) in [6, 6.07) is 8.97. The Balaban J connectivity index is 1.49. The monoisotopic (exact) mass is 466 g/mol. The number of anilines is 1. The summed E-state index contributed by atoms with van der Waals surface area (Å²) in [7, 11) is 0. The fourth-order valence-electron chi connectivity index (χ4n) is 4.22. The Bertz CT molecular complexity index is 1130. The molecule has 0 saturated carbocycles. The van der Waals surface area contributed by atoms with E-state index in [1.165, 1.54) is 16.9 Å². The number of fused-ring (bicyclic) bond motifs is 2. The van der Waals surface area contributed by atoms with Crippen LogP contribution in [-0.2, 0) is 13.0 Å². The number of benzene rings is 1. The number of amides is 1. The van der Waals surface area contributed by atoms with Crippen LogP contribution >= 0.6 is 22.9 Å². The van der Waals surface area contributed by atoms with Crippen molar-refractivity contribution in [3.05, 3.63) is 68.5 Å². The highest BCUT2D eigenvalue weighted by Gasteiger charge is 2.48. The van der Waals surface area contributed by atoms with Crippen LogP contribution in [0.2, 0.25) is 5.02 Å². The zero-order chi connectivity index (χ0) is 21.8. The first-order chi connectivity index (χ1) is 14.8. The minimum atomic E-state index is -4.52. The van der Waals surface area contributed by atoms with E-state index < -0.39 is 24.2 Å². The van der Waals surface area contributed by atoms with Crippen molar-refractivity contribution in [1.29, 1.82) is 0 Å². The fourth-order valence-corrected chi connectivity index (χ4v) is 5.27. The smallest absolute Gasteiger partial charge is 0.361 e. The molecular formula is C21H18ClF3N4OS. The van der Waals surface area contributed by atoms with Gasteiger partial charge in [0.25, 0.3) is 5.91 Å². The van der Waals surface area contributed by atoms with Gasteiger partial charge in [-0.3, -0.25) is 4.79 Å². The van der Waals surface area contributed by atoms with E-state index in [0.29, 0.717) is 19.5 Å². The van der Waals surface area contributed by atoms with Crippen LogP contribution in [0, 0.1) is 0 Å². The molecule has 0 aliphatic carbocycles. The Kier molecular flexibility index (Phi) is 4.97. The highest BCUT2D eigenvalue weighted by Crippen LogP contribution is 2.47. The van der Waals surface area contributed by atoms with Crippen LogP contribution in [0.4, 0.5) is 19.0 Å². The van der Waals surface area contributed by atoms with Gasteiger partial charge in [0.05, 0.1) is 6.04 Å². The molecular weight excluding hydrogens is 449 g/mol. The molecule has 2 aliphatic rings. The van der Waals surface area contributed by atoms with Gasteiger partial charge in [0, 0.05) is 24.4 Å². The van der Waals surface area contributed by atoms with Crippen LogP contribution < -0.4 is 5.32 Å². The minimum Gasteiger partial charge on any atom is -0.361 e. The summed E-state index contributed by atoms with van der Waals surface area (Å²) in [6.45, 7) is 0.837. The zero-order valence-corrected chi connectivity index (χ0v) is 17.8. The standard InChI is InChI=1S/C21H18ClF3N4OS/c22-17-18(20(30)28-8-7-12-4-1-2-5-13(12)11-28)27-29-16(21(23,24)25)10-14(26-19(17)29)15-6-3-9-31-15/h1-6,9,14,16,26H,7-8,10-11H2/t14-,16+/m0/s1. The van der Waals surface area contributed by atoms with Crippen molar-refractivity contribution < 1.29 is 18.0 Å². The normalized spacial score (nSPS) is 20.7. The molecule has 0 saturated heterocycles. The third kappa shape index (κ3) is 3.59. The molecule has 162 valence electrons. The highest BCUT2D eigenvalue weighted by molar-refractivity contribution is 7.10. The van der Waals surface area contributed by atoms with Crippen molar-refractivity contribution >= 4 is 34.7 Å². The van der Waals surface area contributed by atoms with E-state index in [9.17, 15) is 18.0 Å². The second kappa shape index (κ2) is 7.56. The van der Waals surface area contributed by atoms with Gasteiger partial charge in [-0.2, -0.15) is 18.3 Å². The predicted molar refractivity (Wildman–Crippen MR) is 113 cm³/mol. The summed E-state index contributed by atoms with van der Waals surface area (Å²) in [5.41, 5.74) is 2.04. The molecule has 2 atom stereocenters. The maximum Gasteiger partial charge on any atom is 0.410 e. The minimum absolute atomic E-state index is 0.0365. The second-order valence-electron chi connectivity index (χ2n) is 7.71. The van der Waals surface area contributed by atoms with Gasteiger partial charge in [0.2, 0.25) is 0 Å². The number of carbonyl (C=O) groups excluding carboxylic acids is 1. The SMILES string of the molecule is O=C(c1nn2c(c1Cl)N[C@H](c1cccs1)C[C@@H]2C(F)(F)F)N1CCc2ccccc2C1. The van der Waals surface area contributed by atoms with Crippen molar-refractivity contribution in [3.63, 3.8) is 0 Å². The van der Waals surface area contributed by atoms with E-state index >= 15 is 0 Å².